The van der Waals surface area contributed by atoms with Crippen LogP contribution < -0.4 is 0 Å². The summed E-state index contributed by atoms with van der Waals surface area (Å²) in [6, 6.07) is 8.62. The molecule has 0 fully saturated rings. The van der Waals surface area contributed by atoms with Crippen molar-refractivity contribution in [2.75, 3.05) is 5.33 Å². The maximum Gasteiger partial charge on any atom is 0.00718 e. The lowest BCUT2D eigenvalue weighted by Gasteiger charge is -1.98. The quantitative estimate of drug-likeness (QED) is 0.675. The van der Waals surface area contributed by atoms with E-state index < -0.39 is 0 Å². The van der Waals surface area contributed by atoms with E-state index in [1.54, 1.807) is 0 Å². The molecule has 0 saturated heterocycles. The Morgan fingerprint density at radius 1 is 1.09 bits per heavy atom. The zero-order valence-electron chi connectivity index (χ0n) is 6.52. The highest BCUT2D eigenvalue weighted by Crippen LogP contribution is 2.06. The van der Waals surface area contributed by atoms with Crippen molar-refractivity contribution in [3.63, 3.8) is 0 Å². The molecule has 0 aliphatic carbocycles. The molecule has 0 spiro atoms. The summed E-state index contributed by atoms with van der Waals surface area (Å²) in [6.45, 7) is 3.82. The van der Waals surface area contributed by atoms with Gasteiger partial charge in [0, 0.05) is 5.33 Å². The van der Waals surface area contributed by atoms with Crippen LogP contribution in [0, 0.1) is 6.92 Å². The normalized spacial score (nSPS) is 10.0. The van der Waals surface area contributed by atoms with Crippen LogP contribution in [0.15, 0.2) is 24.3 Å². The van der Waals surface area contributed by atoms with Crippen LogP contribution >= 0.6 is 15.9 Å². The van der Waals surface area contributed by atoms with Gasteiger partial charge in [-0.05, 0) is 30.9 Å². The van der Waals surface area contributed by atoms with E-state index in [1.807, 2.05) is 0 Å². The van der Waals surface area contributed by atoms with Crippen molar-refractivity contribution in [1.29, 1.82) is 0 Å². The third-order valence-corrected chi connectivity index (χ3v) is 2.09. The lowest BCUT2D eigenvalue weighted by molar-refractivity contribution is 1.15. The fraction of sp³-hybridized carbons (Fsp3) is 0.300. The molecule has 1 aromatic rings. The lowest BCUT2D eigenvalue weighted by atomic mass is 10.1. The Bertz CT molecular complexity index is 201. The average Bonchev–Trinajstić information content (AvgIpc) is 2.07. The lowest BCUT2D eigenvalue weighted by Crippen LogP contribution is -1.86. The third kappa shape index (κ3) is 2.66. The highest BCUT2D eigenvalue weighted by atomic mass is 79.9. The van der Waals surface area contributed by atoms with Gasteiger partial charge >= 0.3 is 0 Å². The molecular weight excluding hydrogens is 200 g/mol. The molecule has 59 valence electrons. The maximum atomic E-state index is 3.82. The number of halogens is 1. The third-order valence-electron chi connectivity index (χ3n) is 1.69. The van der Waals surface area contributed by atoms with Crippen molar-refractivity contribution < 1.29 is 0 Å². The first-order chi connectivity index (χ1) is 5.36. The number of hydrogen-bond donors (Lipinski definition) is 0. The summed E-state index contributed by atoms with van der Waals surface area (Å²) in [7, 11) is 0. The molecule has 1 radical (unpaired) electrons. The summed E-state index contributed by atoms with van der Waals surface area (Å²) in [6.07, 6.45) is 1.99. The molecule has 0 saturated carbocycles. The SMILES string of the molecule is [CH2]Cc1ccc(CCBr)cc1. The molecule has 0 aliphatic heterocycles. The van der Waals surface area contributed by atoms with Crippen LogP contribution in [0.5, 0.6) is 0 Å². The predicted molar refractivity (Wildman–Crippen MR) is 53.0 cm³/mol. The van der Waals surface area contributed by atoms with Crippen LogP contribution in [0.25, 0.3) is 0 Å². The Morgan fingerprint density at radius 3 is 2.09 bits per heavy atom. The number of aryl methyl sites for hydroxylation is 1. The first kappa shape index (κ1) is 8.79. The van der Waals surface area contributed by atoms with Crippen LogP contribution in [0.3, 0.4) is 0 Å². The van der Waals surface area contributed by atoms with E-state index in [-0.39, 0.29) is 0 Å². The van der Waals surface area contributed by atoms with E-state index in [9.17, 15) is 0 Å². The van der Waals surface area contributed by atoms with E-state index in [4.69, 9.17) is 0 Å². The molecule has 0 N–H and O–H groups in total. The summed E-state index contributed by atoms with van der Waals surface area (Å²) in [5.74, 6) is 0. The van der Waals surface area contributed by atoms with Crippen molar-refractivity contribution in [1.82, 2.24) is 0 Å². The minimum Gasteiger partial charge on any atom is -0.0924 e. The molecule has 0 bridgehead atoms. The monoisotopic (exact) mass is 211 g/mol. The van der Waals surface area contributed by atoms with Gasteiger partial charge in [-0.2, -0.15) is 0 Å². The summed E-state index contributed by atoms with van der Waals surface area (Å²) >= 11 is 3.41. The second-order valence-electron chi connectivity index (χ2n) is 2.51. The van der Waals surface area contributed by atoms with Crippen LogP contribution in [0.1, 0.15) is 11.1 Å². The second kappa shape index (κ2) is 4.55. The summed E-state index contributed by atoms with van der Waals surface area (Å²) < 4.78 is 0. The van der Waals surface area contributed by atoms with Gasteiger partial charge in [-0.25, -0.2) is 0 Å². The van der Waals surface area contributed by atoms with Crippen molar-refractivity contribution in [2.24, 2.45) is 0 Å². The number of alkyl halides is 1. The van der Waals surface area contributed by atoms with Gasteiger partial charge in [0.1, 0.15) is 0 Å². The Balaban J connectivity index is 2.66. The Kier molecular flexibility index (Phi) is 3.64. The first-order valence-electron chi connectivity index (χ1n) is 3.80. The predicted octanol–water partition coefficient (Wildman–Crippen LogP) is 3.00. The Hall–Kier alpha value is -0.300. The summed E-state index contributed by atoms with van der Waals surface area (Å²) in [5, 5.41) is 1.04. The topological polar surface area (TPSA) is 0 Å². The zero-order chi connectivity index (χ0) is 8.10. The standard InChI is InChI=1S/C10H12Br/c1-2-9-3-5-10(6-4-9)7-8-11/h3-6H,1-2,7-8H2. The number of benzene rings is 1. The number of rotatable bonds is 3. The smallest absolute Gasteiger partial charge is 0.00718 e. The molecule has 0 aromatic heterocycles. The summed E-state index contributed by atoms with van der Waals surface area (Å²) in [4.78, 5) is 0. The van der Waals surface area contributed by atoms with E-state index >= 15 is 0 Å². The van der Waals surface area contributed by atoms with Gasteiger partial charge in [0.25, 0.3) is 0 Å². The van der Waals surface area contributed by atoms with Gasteiger partial charge < -0.3 is 0 Å². The van der Waals surface area contributed by atoms with Gasteiger partial charge in [0.05, 0.1) is 0 Å². The molecule has 11 heavy (non-hydrogen) atoms. The van der Waals surface area contributed by atoms with Crippen LogP contribution in [-0.2, 0) is 12.8 Å². The molecule has 0 nitrogen and oxygen atoms in total. The van der Waals surface area contributed by atoms with Crippen molar-refractivity contribution >= 4 is 15.9 Å². The van der Waals surface area contributed by atoms with E-state index in [1.165, 1.54) is 11.1 Å². The molecule has 0 heterocycles. The maximum absolute atomic E-state index is 3.82. The minimum atomic E-state index is 0.884. The van der Waals surface area contributed by atoms with E-state index in [2.05, 4.69) is 47.1 Å². The zero-order valence-corrected chi connectivity index (χ0v) is 8.10. The van der Waals surface area contributed by atoms with Gasteiger partial charge in [0.2, 0.25) is 0 Å². The fourth-order valence-corrected chi connectivity index (χ4v) is 1.44. The Morgan fingerprint density at radius 2 is 1.64 bits per heavy atom. The van der Waals surface area contributed by atoms with Crippen LogP contribution in [-0.4, -0.2) is 5.33 Å². The molecule has 0 unspecified atom stereocenters. The van der Waals surface area contributed by atoms with Crippen molar-refractivity contribution in [3.05, 3.63) is 42.3 Å². The molecule has 1 heteroatoms. The van der Waals surface area contributed by atoms with Crippen LogP contribution in [0.2, 0.25) is 0 Å². The largest absolute Gasteiger partial charge is 0.0924 e. The van der Waals surface area contributed by atoms with E-state index in [0.717, 1.165) is 18.2 Å². The van der Waals surface area contributed by atoms with Gasteiger partial charge in [-0.15, -0.1) is 0 Å². The molecular formula is C10H12Br. The molecule has 1 aromatic carbocycles. The van der Waals surface area contributed by atoms with Crippen molar-refractivity contribution in [2.45, 2.75) is 12.8 Å². The molecule has 0 amide bonds. The first-order valence-corrected chi connectivity index (χ1v) is 4.92. The average molecular weight is 212 g/mol. The number of hydrogen-bond acceptors (Lipinski definition) is 0. The minimum absolute atomic E-state index is 0.884. The molecule has 0 atom stereocenters. The highest BCUT2D eigenvalue weighted by molar-refractivity contribution is 9.09. The van der Waals surface area contributed by atoms with Gasteiger partial charge in [-0.3, -0.25) is 0 Å². The van der Waals surface area contributed by atoms with E-state index in [0.29, 0.717) is 0 Å². The van der Waals surface area contributed by atoms with Crippen molar-refractivity contribution in [3.8, 4) is 0 Å². The molecule has 0 aliphatic rings. The van der Waals surface area contributed by atoms with Gasteiger partial charge in [0.15, 0.2) is 0 Å². The van der Waals surface area contributed by atoms with Crippen LogP contribution in [0.4, 0.5) is 0 Å². The summed E-state index contributed by atoms with van der Waals surface area (Å²) in [5.41, 5.74) is 2.70. The van der Waals surface area contributed by atoms with Gasteiger partial charge in [-0.1, -0.05) is 40.2 Å². The second-order valence-corrected chi connectivity index (χ2v) is 3.30. The highest BCUT2D eigenvalue weighted by Gasteiger charge is 1.91. The molecule has 1 rings (SSSR count). The fourth-order valence-electron chi connectivity index (χ4n) is 0.982. The Labute approximate surface area is 76.8 Å².